The van der Waals surface area contributed by atoms with Crippen LogP contribution in [0, 0.1) is 11.3 Å². The van der Waals surface area contributed by atoms with E-state index in [1.165, 1.54) is 6.33 Å². The minimum Gasteiger partial charge on any atom is -0.493 e. The summed E-state index contributed by atoms with van der Waals surface area (Å²) < 4.78 is 10.4. The van der Waals surface area contributed by atoms with Gasteiger partial charge < -0.3 is 15.2 Å². The zero-order chi connectivity index (χ0) is 15.9. The van der Waals surface area contributed by atoms with Crippen molar-refractivity contribution < 1.29 is 9.47 Å². The quantitative estimate of drug-likeness (QED) is 0.632. The van der Waals surface area contributed by atoms with Crippen LogP contribution in [0.15, 0.2) is 29.6 Å². The van der Waals surface area contributed by atoms with E-state index in [9.17, 15) is 0 Å². The summed E-state index contributed by atoms with van der Waals surface area (Å²) in [6.45, 7) is 0. The smallest absolute Gasteiger partial charge is 0.169 e. The van der Waals surface area contributed by atoms with Crippen LogP contribution in [0.2, 0.25) is 0 Å². The second-order valence-corrected chi connectivity index (χ2v) is 4.08. The Morgan fingerprint density at radius 3 is 2.73 bits per heavy atom. The van der Waals surface area contributed by atoms with Crippen molar-refractivity contribution in [2.24, 2.45) is 5.10 Å². The summed E-state index contributed by atoms with van der Waals surface area (Å²) in [5, 5.41) is 13.0. The molecule has 0 aliphatic rings. The number of nitriles is 1. The lowest BCUT2D eigenvalue weighted by Crippen LogP contribution is -2.02. The lowest BCUT2D eigenvalue weighted by atomic mass is 10.2. The van der Waals surface area contributed by atoms with Gasteiger partial charge in [0.25, 0.3) is 0 Å². The number of anilines is 2. The first-order valence-corrected chi connectivity index (χ1v) is 6.21. The van der Waals surface area contributed by atoms with Crippen LogP contribution < -0.4 is 20.6 Å². The first-order chi connectivity index (χ1) is 10.7. The Morgan fingerprint density at radius 2 is 2.05 bits per heavy atom. The Kier molecular flexibility index (Phi) is 4.72. The zero-order valence-corrected chi connectivity index (χ0v) is 12.1. The Bertz CT molecular complexity index is 739. The fourth-order valence-corrected chi connectivity index (χ4v) is 1.70. The molecule has 0 saturated heterocycles. The van der Waals surface area contributed by atoms with Gasteiger partial charge in [-0.05, 0) is 23.8 Å². The molecular weight excluding hydrogens is 284 g/mol. The highest BCUT2D eigenvalue weighted by atomic mass is 16.5. The summed E-state index contributed by atoms with van der Waals surface area (Å²) in [6, 6.07) is 7.27. The average molecular weight is 298 g/mol. The molecule has 0 bridgehead atoms. The van der Waals surface area contributed by atoms with Gasteiger partial charge in [-0.3, -0.25) is 5.43 Å². The van der Waals surface area contributed by atoms with E-state index in [2.05, 4.69) is 20.5 Å². The minimum absolute atomic E-state index is 0.0984. The van der Waals surface area contributed by atoms with Crippen LogP contribution in [-0.2, 0) is 0 Å². The summed E-state index contributed by atoms with van der Waals surface area (Å²) >= 11 is 0. The van der Waals surface area contributed by atoms with E-state index in [0.29, 0.717) is 11.5 Å². The molecule has 112 valence electrons. The third-order valence-corrected chi connectivity index (χ3v) is 2.78. The molecule has 0 fully saturated rings. The fourth-order valence-electron chi connectivity index (χ4n) is 1.70. The number of ether oxygens (including phenoxy) is 2. The second kappa shape index (κ2) is 6.90. The molecule has 0 aliphatic heterocycles. The van der Waals surface area contributed by atoms with Gasteiger partial charge in [-0.25, -0.2) is 9.97 Å². The van der Waals surface area contributed by atoms with Crippen LogP contribution in [-0.4, -0.2) is 30.4 Å². The summed E-state index contributed by atoms with van der Waals surface area (Å²) in [5.41, 5.74) is 9.18. The molecule has 1 aromatic heterocycles. The molecule has 0 atom stereocenters. The first kappa shape index (κ1) is 15.1. The van der Waals surface area contributed by atoms with Crippen LogP contribution in [0.4, 0.5) is 11.6 Å². The Morgan fingerprint density at radius 1 is 1.27 bits per heavy atom. The van der Waals surface area contributed by atoms with E-state index in [1.807, 2.05) is 12.1 Å². The largest absolute Gasteiger partial charge is 0.493 e. The van der Waals surface area contributed by atoms with Crippen molar-refractivity contribution in [3.05, 3.63) is 35.7 Å². The lowest BCUT2D eigenvalue weighted by Gasteiger charge is -2.07. The van der Waals surface area contributed by atoms with Crippen molar-refractivity contribution in [1.82, 2.24) is 9.97 Å². The second-order valence-electron chi connectivity index (χ2n) is 4.08. The first-order valence-electron chi connectivity index (χ1n) is 6.21. The Balaban J connectivity index is 2.17. The Labute approximate surface area is 127 Å². The molecule has 8 heteroatoms. The molecule has 8 nitrogen and oxygen atoms in total. The molecule has 0 amide bonds. The van der Waals surface area contributed by atoms with Crippen LogP contribution >= 0.6 is 0 Å². The van der Waals surface area contributed by atoms with Gasteiger partial charge in [0.1, 0.15) is 23.8 Å². The monoisotopic (exact) mass is 298 g/mol. The average Bonchev–Trinajstić information content (AvgIpc) is 2.55. The van der Waals surface area contributed by atoms with Gasteiger partial charge >= 0.3 is 0 Å². The van der Waals surface area contributed by atoms with Crippen molar-refractivity contribution >= 4 is 17.9 Å². The number of nitrogens with two attached hydrogens (primary N) is 1. The third-order valence-electron chi connectivity index (χ3n) is 2.78. The highest BCUT2D eigenvalue weighted by Crippen LogP contribution is 2.26. The van der Waals surface area contributed by atoms with E-state index in [-0.39, 0.29) is 17.2 Å². The molecule has 1 heterocycles. The van der Waals surface area contributed by atoms with E-state index in [4.69, 9.17) is 20.5 Å². The van der Waals surface area contributed by atoms with Crippen LogP contribution in [0.3, 0.4) is 0 Å². The van der Waals surface area contributed by atoms with Crippen LogP contribution in [0.5, 0.6) is 11.5 Å². The molecule has 0 spiro atoms. The predicted molar refractivity (Wildman–Crippen MR) is 81.9 cm³/mol. The number of nitrogens with zero attached hydrogens (tertiary/aromatic N) is 4. The maximum absolute atomic E-state index is 9.01. The number of nitrogens with one attached hydrogen (secondary N) is 1. The van der Waals surface area contributed by atoms with Crippen molar-refractivity contribution in [3.8, 4) is 17.6 Å². The van der Waals surface area contributed by atoms with E-state index in [0.717, 1.165) is 5.56 Å². The van der Waals surface area contributed by atoms with Gasteiger partial charge in [-0.15, -0.1) is 0 Å². The molecule has 22 heavy (non-hydrogen) atoms. The number of hydrogen-bond acceptors (Lipinski definition) is 8. The topological polar surface area (TPSA) is 118 Å². The summed E-state index contributed by atoms with van der Waals surface area (Å²) in [7, 11) is 3.12. The van der Waals surface area contributed by atoms with Gasteiger partial charge in [0.2, 0.25) is 0 Å². The molecule has 2 aromatic rings. The van der Waals surface area contributed by atoms with Gasteiger partial charge in [0.05, 0.1) is 20.4 Å². The van der Waals surface area contributed by atoms with Gasteiger partial charge in [-0.2, -0.15) is 10.4 Å². The summed E-state index contributed by atoms with van der Waals surface area (Å²) in [4.78, 5) is 7.66. The number of methoxy groups -OCH3 is 2. The molecule has 2 rings (SSSR count). The molecule has 0 radical (unpaired) electrons. The number of hydrogen-bond donors (Lipinski definition) is 2. The Hall–Kier alpha value is -3.34. The molecule has 3 N–H and O–H groups in total. The van der Waals surface area contributed by atoms with Crippen LogP contribution in [0.25, 0.3) is 0 Å². The maximum Gasteiger partial charge on any atom is 0.169 e. The molecule has 0 aliphatic carbocycles. The number of nitrogen functional groups attached to an aromatic ring is 1. The number of benzene rings is 1. The number of rotatable bonds is 5. The van der Waals surface area contributed by atoms with Gasteiger partial charge in [-0.1, -0.05) is 0 Å². The molecule has 0 saturated carbocycles. The molecule has 1 aromatic carbocycles. The van der Waals surface area contributed by atoms with Gasteiger partial charge in [0.15, 0.2) is 17.3 Å². The van der Waals surface area contributed by atoms with Crippen LogP contribution in [0.1, 0.15) is 11.1 Å². The SMILES string of the molecule is COc1ccc(C=NNc2ncnc(N)c2C#N)cc1OC. The van der Waals surface area contributed by atoms with E-state index < -0.39 is 0 Å². The minimum atomic E-state index is 0.0984. The molecule has 0 unspecified atom stereocenters. The van der Waals surface area contributed by atoms with Gasteiger partial charge in [0, 0.05) is 0 Å². The predicted octanol–water partition coefficient (Wildman–Crippen LogP) is 1.39. The third kappa shape index (κ3) is 3.21. The standard InChI is InChI=1S/C14H14N6O2/c1-21-11-4-3-9(5-12(11)22-2)7-19-20-14-10(6-15)13(16)17-8-18-14/h3-5,7-8H,1-2H3,(H3,16,17,18,20). The van der Waals surface area contributed by atoms with E-state index >= 15 is 0 Å². The van der Waals surface area contributed by atoms with Crippen molar-refractivity contribution in [1.29, 1.82) is 5.26 Å². The highest BCUT2D eigenvalue weighted by Gasteiger charge is 2.07. The van der Waals surface area contributed by atoms with Crippen molar-refractivity contribution in [3.63, 3.8) is 0 Å². The lowest BCUT2D eigenvalue weighted by molar-refractivity contribution is 0.355. The van der Waals surface area contributed by atoms with Crippen molar-refractivity contribution in [2.45, 2.75) is 0 Å². The number of aromatic nitrogens is 2. The van der Waals surface area contributed by atoms with Crippen molar-refractivity contribution in [2.75, 3.05) is 25.4 Å². The maximum atomic E-state index is 9.01. The highest BCUT2D eigenvalue weighted by molar-refractivity contribution is 5.81. The fraction of sp³-hybridized carbons (Fsp3) is 0.143. The molecular formula is C14H14N6O2. The van der Waals surface area contributed by atoms with E-state index in [1.54, 1.807) is 32.6 Å². The zero-order valence-electron chi connectivity index (χ0n) is 12.1. The summed E-state index contributed by atoms with van der Waals surface area (Å²) in [5.74, 6) is 1.56. The normalized spacial score (nSPS) is 10.2. The summed E-state index contributed by atoms with van der Waals surface area (Å²) in [6.07, 6.45) is 2.81. The number of hydrazone groups is 1.